The molecule has 0 saturated heterocycles. The maximum absolute atomic E-state index is 4.74. The molecule has 1 rings (SSSR count). The average molecular weight is 240 g/mol. The summed E-state index contributed by atoms with van der Waals surface area (Å²) in [6.07, 6.45) is 1.85. The summed E-state index contributed by atoms with van der Waals surface area (Å²) in [7, 11) is 3.05. The molecule has 0 unspecified atom stereocenters. The van der Waals surface area contributed by atoms with Crippen LogP contribution >= 0.6 is 0 Å². The Balaban J connectivity index is 0.000000293. The number of aryl methyl sites for hydroxylation is 1. The van der Waals surface area contributed by atoms with E-state index in [2.05, 4.69) is 37.8 Å². The molecule has 1 aromatic carbocycles. The molecule has 1 aromatic rings. The lowest BCUT2D eigenvalue weighted by molar-refractivity contribution is 0.163. The molecule has 0 radical (unpaired) electrons. The van der Waals surface area contributed by atoms with Crippen LogP contribution in [0.3, 0.4) is 0 Å². The summed E-state index contributed by atoms with van der Waals surface area (Å²) >= 11 is 0. The van der Waals surface area contributed by atoms with E-state index in [0.717, 1.165) is 0 Å². The summed E-state index contributed by atoms with van der Waals surface area (Å²) in [6.45, 7) is 5.74. The third-order valence-corrected chi connectivity index (χ3v) is 3.05. The number of benzene rings is 1. The maximum atomic E-state index is 4.74. The van der Waals surface area contributed by atoms with Gasteiger partial charge in [-0.3, -0.25) is 0 Å². The minimum absolute atomic E-state index is 1.18. The van der Waals surface area contributed by atoms with Gasteiger partial charge < -0.3 is 13.3 Å². The highest BCUT2D eigenvalue weighted by atomic mass is 28.3. The molecule has 0 aromatic heterocycles. The largest absolute Gasteiger partial charge is 0.483 e. The molecule has 90 valence electrons. The Labute approximate surface area is 99.6 Å². The number of rotatable bonds is 4. The van der Waals surface area contributed by atoms with Crippen LogP contribution in [0.15, 0.2) is 30.8 Å². The molecule has 0 heterocycles. The van der Waals surface area contributed by atoms with Crippen LogP contribution in [0.25, 0.3) is 6.08 Å². The van der Waals surface area contributed by atoms with Crippen molar-refractivity contribution >= 4 is 15.6 Å². The van der Waals surface area contributed by atoms with E-state index in [9.17, 15) is 0 Å². The van der Waals surface area contributed by atoms with E-state index in [0.29, 0.717) is 0 Å². The van der Waals surface area contributed by atoms with Crippen molar-refractivity contribution in [2.24, 2.45) is 0 Å². The van der Waals surface area contributed by atoms with Crippen molar-refractivity contribution in [1.82, 2.24) is 0 Å². The molecule has 0 N–H and O–H groups in total. The van der Waals surface area contributed by atoms with Gasteiger partial charge in [0, 0.05) is 21.3 Å². The second-order valence-electron chi connectivity index (χ2n) is 3.11. The molecule has 16 heavy (non-hydrogen) atoms. The highest BCUT2D eigenvalue weighted by molar-refractivity contribution is 6.36. The SMILES string of the molecule is C=Cc1ccc(C)cc1.CO[SiH](OC)OC. The van der Waals surface area contributed by atoms with Crippen molar-refractivity contribution in [2.75, 3.05) is 21.3 Å². The predicted octanol–water partition coefficient (Wildman–Crippen LogP) is 2.28. The Morgan fingerprint density at radius 3 is 1.69 bits per heavy atom. The van der Waals surface area contributed by atoms with Gasteiger partial charge in [-0.05, 0) is 12.5 Å². The molecule has 0 saturated carbocycles. The van der Waals surface area contributed by atoms with Crippen LogP contribution < -0.4 is 0 Å². The van der Waals surface area contributed by atoms with E-state index >= 15 is 0 Å². The summed E-state index contributed by atoms with van der Waals surface area (Å²) in [5, 5.41) is 0. The number of hydrogen-bond acceptors (Lipinski definition) is 3. The Hall–Kier alpha value is -0.943. The van der Waals surface area contributed by atoms with Gasteiger partial charge in [-0.25, -0.2) is 0 Å². The maximum Gasteiger partial charge on any atom is 0.483 e. The van der Waals surface area contributed by atoms with Gasteiger partial charge in [0.25, 0.3) is 0 Å². The van der Waals surface area contributed by atoms with Gasteiger partial charge in [0.2, 0.25) is 0 Å². The zero-order valence-corrected chi connectivity index (χ0v) is 11.6. The molecular formula is C12H20O3Si. The zero-order valence-electron chi connectivity index (χ0n) is 10.4. The lowest BCUT2D eigenvalue weighted by Crippen LogP contribution is -2.21. The fraction of sp³-hybridized carbons (Fsp3) is 0.333. The van der Waals surface area contributed by atoms with Crippen molar-refractivity contribution in [2.45, 2.75) is 6.92 Å². The number of hydrogen-bond donors (Lipinski definition) is 0. The monoisotopic (exact) mass is 240 g/mol. The van der Waals surface area contributed by atoms with Crippen molar-refractivity contribution in [1.29, 1.82) is 0 Å². The van der Waals surface area contributed by atoms with Crippen LogP contribution in [0.4, 0.5) is 0 Å². The Bertz CT molecular complexity index is 275. The van der Waals surface area contributed by atoms with E-state index in [1.807, 2.05) is 6.08 Å². The first kappa shape index (κ1) is 15.1. The van der Waals surface area contributed by atoms with Crippen LogP contribution in [-0.4, -0.2) is 30.9 Å². The summed E-state index contributed by atoms with van der Waals surface area (Å²) in [5.41, 5.74) is 2.47. The van der Waals surface area contributed by atoms with E-state index in [1.54, 1.807) is 21.3 Å². The first-order valence-corrected chi connectivity index (χ1v) is 6.36. The van der Waals surface area contributed by atoms with Crippen LogP contribution in [0, 0.1) is 6.92 Å². The molecule has 0 atom stereocenters. The zero-order chi connectivity index (χ0) is 12.4. The van der Waals surface area contributed by atoms with Gasteiger partial charge in [0.15, 0.2) is 0 Å². The third kappa shape index (κ3) is 6.52. The van der Waals surface area contributed by atoms with Gasteiger partial charge in [-0.2, -0.15) is 0 Å². The lowest BCUT2D eigenvalue weighted by Gasteiger charge is -2.05. The second-order valence-corrected chi connectivity index (χ2v) is 5.10. The first-order valence-electron chi connectivity index (χ1n) is 4.95. The summed E-state index contributed by atoms with van der Waals surface area (Å²) in [5.74, 6) is 0. The molecule has 3 nitrogen and oxygen atoms in total. The van der Waals surface area contributed by atoms with Crippen LogP contribution in [-0.2, 0) is 13.3 Å². The van der Waals surface area contributed by atoms with Crippen molar-refractivity contribution in [3.63, 3.8) is 0 Å². The summed E-state index contributed by atoms with van der Waals surface area (Å²) in [6, 6.07) is 8.28. The van der Waals surface area contributed by atoms with E-state index in [4.69, 9.17) is 13.3 Å². The van der Waals surface area contributed by atoms with Crippen molar-refractivity contribution in [3.05, 3.63) is 42.0 Å². The van der Waals surface area contributed by atoms with Crippen LogP contribution in [0.1, 0.15) is 11.1 Å². The lowest BCUT2D eigenvalue weighted by atomic mass is 10.2. The van der Waals surface area contributed by atoms with Gasteiger partial charge >= 0.3 is 9.53 Å². The molecule has 0 aliphatic heterocycles. The van der Waals surface area contributed by atoms with Crippen molar-refractivity contribution < 1.29 is 13.3 Å². The highest BCUT2D eigenvalue weighted by Gasteiger charge is 2.04. The molecule has 0 bridgehead atoms. The van der Waals surface area contributed by atoms with E-state index in [1.165, 1.54) is 11.1 Å². The fourth-order valence-corrected chi connectivity index (χ4v) is 1.57. The molecular weight excluding hydrogens is 220 g/mol. The van der Waals surface area contributed by atoms with Crippen LogP contribution in [0.5, 0.6) is 0 Å². The van der Waals surface area contributed by atoms with Crippen LogP contribution in [0.2, 0.25) is 0 Å². The fourth-order valence-electron chi connectivity index (χ4n) is 0.991. The van der Waals surface area contributed by atoms with Gasteiger partial charge in [0.1, 0.15) is 0 Å². The molecule has 4 heteroatoms. The minimum Gasteiger partial charge on any atom is -0.379 e. The van der Waals surface area contributed by atoms with E-state index < -0.39 is 9.53 Å². The van der Waals surface area contributed by atoms with Gasteiger partial charge in [-0.15, -0.1) is 0 Å². The third-order valence-electron chi connectivity index (χ3n) is 1.89. The molecule has 0 aliphatic carbocycles. The predicted molar refractivity (Wildman–Crippen MR) is 69.4 cm³/mol. The Kier molecular flexibility index (Phi) is 8.75. The van der Waals surface area contributed by atoms with E-state index in [-0.39, 0.29) is 0 Å². The first-order chi connectivity index (χ1) is 7.67. The molecule has 0 aliphatic rings. The Morgan fingerprint density at radius 1 is 1.00 bits per heavy atom. The molecule has 0 amide bonds. The summed E-state index contributed by atoms with van der Waals surface area (Å²) in [4.78, 5) is 0. The normalized spacial score (nSPS) is 9.56. The highest BCUT2D eigenvalue weighted by Crippen LogP contribution is 2.02. The molecule has 0 spiro atoms. The standard InChI is InChI=1S/C9H10.C3H10O3Si/c1-3-9-6-4-8(2)5-7-9;1-4-7(5-2)6-3/h3-7H,1H2,2H3;7H,1-3H3. The minimum atomic E-state index is -1.67. The quantitative estimate of drug-likeness (QED) is 0.756. The Morgan fingerprint density at radius 2 is 1.44 bits per heavy atom. The van der Waals surface area contributed by atoms with Gasteiger partial charge in [-0.1, -0.05) is 42.5 Å². The topological polar surface area (TPSA) is 27.7 Å². The average Bonchev–Trinajstić information content (AvgIpc) is 2.33. The van der Waals surface area contributed by atoms with Gasteiger partial charge in [0.05, 0.1) is 0 Å². The summed E-state index contributed by atoms with van der Waals surface area (Å²) < 4.78 is 14.2. The van der Waals surface area contributed by atoms with Crippen molar-refractivity contribution in [3.8, 4) is 0 Å². The molecule has 0 fully saturated rings. The smallest absolute Gasteiger partial charge is 0.379 e. The second kappa shape index (κ2) is 9.29.